The predicted octanol–water partition coefficient (Wildman–Crippen LogP) is 3.01. The van der Waals surface area contributed by atoms with E-state index in [4.69, 9.17) is 9.47 Å². The van der Waals surface area contributed by atoms with Crippen LogP contribution in [0.2, 0.25) is 0 Å². The quantitative estimate of drug-likeness (QED) is 0.648. The van der Waals surface area contributed by atoms with E-state index in [0.717, 1.165) is 18.4 Å². The second-order valence-electron chi connectivity index (χ2n) is 8.62. The number of Topliss-reactive ketones (excluding diaryl/α,β-unsaturated/α-hetero) is 1. The molecule has 180 valence electrons. The van der Waals surface area contributed by atoms with Crippen molar-refractivity contribution in [1.82, 2.24) is 15.1 Å². The Hall–Kier alpha value is -3.55. The van der Waals surface area contributed by atoms with Gasteiger partial charge in [0.2, 0.25) is 5.91 Å². The van der Waals surface area contributed by atoms with E-state index in [1.165, 1.54) is 0 Å². The zero-order valence-electron chi connectivity index (χ0n) is 19.4. The molecule has 2 aliphatic rings. The van der Waals surface area contributed by atoms with Crippen LogP contribution in [0.1, 0.15) is 31.2 Å². The summed E-state index contributed by atoms with van der Waals surface area (Å²) in [4.78, 5) is 42.4. The number of rotatable bonds is 8. The minimum absolute atomic E-state index is 0.104. The number of methoxy groups -OCH3 is 1. The lowest BCUT2D eigenvalue weighted by atomic mass is 10.1. The van der Waals surface area contributed by atoms with Crippen LogP contribution < -0.4 is 14.8 Å². The van der Waals surface area contributed by atoms with Crippen molar-refractivity contribution in [2.24, 2.45) is 0 Å². The van der Waals surface area contributed by atoms with E-state index >= 15 is 0 Å². The number of ketones is 1. The number of hydrogen-bond acceptors (Lipinski definition) is 5. The first-order valence-electron chi connectivity index (χ1n) is 11.8. The van der Waals surface area contributed by atoms with Gasteiger partial charge in [-0.3, -0.25) is 9.59 Å². The minimum Gasteiger partial charge on any atom is -0.497 e. The molecule has 0 unspecified atom stereocenters. The summed E-state index contributed by atoms with van der Waals surface area (Å²) in [7, 11) is 1.59. The number of amides is 3. The molecular formula is C26H31N3O5. The molecular weight excluding hydrogens is 434 g/mol. The van der Waals surface area contributed by atoms with E-state index in [9.17, 15) is 14.4 Å². The van der Waals surface area contributed by atoms with Crippen molar-refractivity contribution in [2.45, 2.75) is 44.3 Å². The molecule has 1 N–H and O–H groups in total. The van der Waals surface area contributed by atoms with Crippen LogP contribution in [0.25, 0.3) is 0 Å². The Labute approximate surface area is 199 Å². The third kappa shape index (κ3) is 5.50. The highest BCUT2D eigenvalue weighted by atomic mass is 16.5. The van der Waals surface area contributed by atoms with Crippen molar-refractivity contribution in [3.8, 4) is 11.5 Å². The number of nitrogens with one attached hydrogen (secondary N) is 1. The van der Waals surface area contributed by atoms with Gasteiger partial charge in [-0.2, -0.15) is 0 Å². The topological polar surface area (TPSA) is 88.2 Å². The Kier molecular flexibility index (Phi) is 7.67. The second kappa shape index (κ2) is 11.0. The van der Waals surface area contributed by atoms with Gasteiger partial charge < -0.3 is 24.6 Å². The van der Waals surface area contributed by atoms with Crippen LogP contribution in [0.3, 0.4) is 0 Å². The molecule has 0 spiro atoms. The normalized spacial score (nSPS) is 19.7. The monoisotopic (exact) mass is 465 g/mol. The van der Waals surface area contributed by atoms with Crippen molar-refractivity contribution in [3.05, 3.63) is 60.2 Å². The van der Waals surface area contributed by atoms with E-state index in [1.807, 2.05) is 30.3 Å². The maximum atomic E-state index is 13.4. The summed E-state index contributed by atoms with van der Waals surface area (Å²) in [6.07, 6.45) is 2.75. The van der Waals surface area contributed by atoms with Crippen LogP contribution >= 0.6 is 0 Å². The highest BCUT2D eigenvalue weighted by Crippen LogP contribution is 2.26. The number of nitrogens with zero attached hydrogens (tertiary/aromatic N) is 2. The van der Waals surface area contributed by atoms with Crippen LogP contribution in [0.5, 0.6) is 11.5 Å². The number of likely N-dealkylation sites (tertiary alicyclic amines) is 2. The lowest BCUT2D eigenvalue weighted by Crippen LogP contribution is -2.53. The van der Waals surface area contributed by atoms with Crippen LogP contribution in [0, 0.1) is 0 Å². The van der Waals surface area contributed by atoms with Gasteiger partial charge in [-0.15, -0.1) is 0 Å². The zero-order chi connectivity index (χ0) is 23.9. The fraction of sp³-hybridized carbons (Fsp3) is 0.423. The fourth-order valence-corrected chi connectivity index (χ4v) is 4.62. The molecule has 4 rings (SSSR count). The first-order chi connectivity index (χ1) is 16.6. The average molecular weight is 466 g/mol. The van der Waals surface area contributed by atoms with Gasteiger partial charge >= 0.3 is 6.03 Å². The lowest BCUT2D eigenvalue weighted by Gasteiger charge is -2.31. The molecule has 0 aliphatic carbocycles. The van der Waals surface area contributed by atoms with Crippen LogP contribution in [0.15, 0.2) is 54.6 Å². The number of carbonyl (C=O) groups is 3. The van der Waals surface area contributed by atoms with E-state index in [1.54, 1.807) is 41.2 Å². The van der Waals surface area contributed by atoms with Gasteiger partial charge in [0, 0.05) is 19.6 Å². The van der Waals surface area contributed by atoms with Gasteiger partial charge in [-0.05, 0) is 55.5 Å². The highest BCUT2D eigenvalue weighted by molar-refractivity contribution is 5.94. The molecule has 3 amide bonds. The van der Waals surface area contributed by atoms with Crippen LogP contribution in [0.4, 0.5) is 4.79 Å². The summed E-state index contributed by atoms with van der Waals surface area (Å²) in [6, 6.07) is 15.4. The number of carbonyl (C=O) groups excluding carboxylic acids is 3. The third-order valence-electron chi connectivity index (χ3n) is 6.43. The van der Waals surface area contributed by atoms with Crippen molar-refractivity contribution in [3.63, 3.8) is 0 Å². The summed E-state index contributed by atoms with van der Waals surface area (Å²) in [5.41, 5.74) is 1.000. The molecule has 2 aromatic rings. The van der Waals surface area contributed by atoms with Crippen molar-refractivity contribution in [2.75, 3.05) is 26.8 Å². The molecule has 0 radical (unpaired) electrons. The number of ether oxygens (including phenoxy) is 2. The molecule has 0 bridgehead atoms. The lowest BCUT2D eigenvalue weighted by molar-refractivity contribution is -0.141. The first kappa shape index (κ1) is 23.6. The molecule has 2 aliphatic heterocycles. The van der Waals surface area contributed by atoms with E-state index in [2.05, 4.69) is 5.32 Å². The molecule has 2 saturated heterocycles. The Morgan fingerprint density at radius 1 is 0.882 bits per heavy atom. The largest absolute Gasteiger partial charge is 0.497 e. The van der Waals surface area contributed by atoms with Gasteiger partial charge in [-0.25, -0.2) is 4.79 Å². The SMILES string of the molecule is COc1ccc(OCC(=O)[C@@H]2CCCN2C(=O)[C@@H]2CCCN2C(=O)NCc2ccccc2)cc1. The number of urea groups is 1. The summed E-state index contributed by atoms with van der Waals surface area (Å²) in [5, 5.41) is 2.92. The minimum atomic E-state index is -0.535. The predicted molar refractivity (Wildman–Crippen MR) is 127 cm³/mol. The van der Waals surface area contributed by atoms with Crippen LogP contribution in [-0.2, 0) is 16.1 Å². The standard InChI is InChI=1S/C26H31N3O5/c1-33-20-11-13-21(14-12-20)34-18-24(30)22-9-5-15-28(22)25(31)23-10-6-16-29(23)26(32)27-17-19-7-3-2-4-8-19/h2-4,7-8,11-14,22-23H,5-6,9-10,15-18H2,1H3,(H,27,32)/t22-,23-/m0/s1. The first-order valence-corrected chi connectivity index (χ1v) is 11.8. The molecule has 2 fully saturated rings. The maximum Gasteiger partial charge on any atom is 0.318 e. The van der Waals surface area contributed by atoms with Gasteiger partial charge in [0.1, 0.15) is 24.1 Å². The maximum absolute atomic E-state index is 13.4. The van der Waals surface area contributed by atoms with Gasteiger partial charge in [0.25, 0.3) is 0 Å². The van der Waals surface area contributed by atoms with E-state index in [0.29, 0.717) is 44.0 Å². The number of hydrogen-bond donors (Lipinski definition) is 1. The molecule has 2 atom stereocenters. The Morgan fingerprint density at radius 3 is 2.24 bits per heavy atom. The molecule has 8 heteroatoms. The summed E-state index contributed by atoms with van der Waals surface area (Å²) in [6.45, 7) is 1.36. The van der Waals surface area contributed by atoms with Crippen molar-refractivity contribution >= 4 is 17.7 Å². The van der Waals surface area contributed by atoms with Crippen molar-refractivity contribution in [1.29, 1.82) is 0 Å². The molecule has 2 heterocycles. The number of benzene rings is 2. The Morgan fingerprint density at radius 2 is 1.53 bits per heavy atom. The molecule has 0 aromatic heterocycles. The smallest absolute Gasteiger partial charge is 0.318 e. The summed E-state index contributed by atoms with van der Waals surface area (Å²) >= 11 is 0. The fourth-order valence-electron chi connectivity index (χ4n) is 4.62. The molecule has 34 heavy (non-hydrogen) atoms. The zero-order valence-corrected chi connectivity index (χ0v) is 19.4. The van der Waals surface area contributed by atoms with Gasteiger partial charge in [0.15, 0.2) is 5.78 Å². The van der Waals surface area contributed by atoms with Crippen molar-refractivity contribution < 1.29 is 23.9 Å². The van der Waals surface area contributed by atoms with E-state index in [-0.39, 0.29) is 24.3 Å². The summed E-state index contributed by atoms with van der Waals surface area (Å²) in [5.74, 6) is 1.01. The molecule has 0 saturated carbocycles. The molecule has 8 nitrogen and oxygen atoms in total. The third-order valence-corrected chi connectivity index (χ3v) is 6.43. The van der Waals surface area contributed by atoms with Gasteiger partial charge in [0.05, 0.1) is 13.2 Å². The van der Waals surface area contributed by atoms with Crippen LogP contribution in [-0.4, -0.2) is 66.4 Å². The highest BCUT2D eigenvalue weighted by Gasteiger charge is 2.42. The Bertz CT molecular complexity index is 995. The summed E-state index contributed by atoms with van der Waals surface area (Å²) < 4.78 is 10.8. The Balaban J connectivity index is 1.33. The van der Waals surface area contributed by atoms with E-state index < -0.39 is 12.1 Å². The van der Waals surface area contributed by atoms with Gasteiger partial charge in [-0.1, -0.05) is 30.3 Å². The average Bonchev–Trinajstić information content (AvgIpc) is 3.57. The molecule has 2 aromatic carbocycles. The second-order valence-corrected chi connectivity index (χ2v) is 8.62.